The maximum Gasteiger partial charge on any atom is 0.303 e. The van der Waals surface area contributed by atoms with Crippen molar-refractivity contribution in [3.05, 3.63) is 29.8 Å². The summed E-state index contributed by atoms with van der Waals surface area (Å²) in [5.41, 5.74) is 1.03. The highest BCUT2D eigenvalue weighted by Crippen LogP contribution is 2.18. The molecule has 1 heterocycles. The highest BCUT2D eigenvalue weighted by Gasteiger charge is 2.21. The lowest BCUT2D eigenvalue weighted by atomic mass is 10.1. The van der Waals surface area contributed by atoms with Crippen LogP contribution in [-0.2, 0) is 11.2 Å². The highest BCUT2D eigenvalue weighted by atomic mass is 16.5. The van der Waals surface area contributed by atoms with E-state index in [1.54, 1.807) is 0 Å². The molecule has 1 atom stereocenters. The lowest BCUT2D eigenvalue weighted by Crippen LogP contribution is -2.30. The zero-order valence-electron chi connectivity index (χ0n) is 11.3. The number of likely N-dealkylation sites (N-methyl/N-ethyl adjacent to an activating group) is 1. The SMILES string of the molecule is CN1CCCC1COc1ccc(CCC(=O)O)cc1. The Bertz CT molecular complexity index is 416. The van der Waals surface area contributed by atoms with Gasteiger partial charge in [0.15, 0.2) is 0 Å². The van der Waals surface area contributed by atoms with Crippen LogP contribution in [0.4, 0.5) is 0 Å². The van der Waals surface area contributed by atoms with Crippen molar-refractivity contribution in [3.8, 4) is 5.75 Å². The molecule has 1 aliphatic heterocycles. The molecule has 1 saturated heterocycles. The van der Waals surface area contributed by atoms with E-state index in [2.05, 4.69) is 11.9 Å². The molecule has 0 aromatic heterocycles. The number of carbonyl (C=O) groups is 1. The zero-order valence-corrected chi connectivity index (χ0v) is 11.3. The molecule has 1 aliphatic rings. The van der Waals surface area contributed by atoms with Crippen molar-refractivity contribution >= 4 is 5.97 Å². The Morgan fingerprint density at radius 1 is 1.42 bits per heavy atom. The van der Waals surface area contributed by atoms with E-state index < -0.39 is 5.97 Å². The molecule has 1 aromatic rings. The second kappa shape index (κ2) is 6.57. The summed E-state index contributed by atoms with van der Waals surface area (Å²) in [4.78, 5) is 12.8. The number of carboxylic acid groups (broad SMARTS) is 1. The molecule has 4 nitrogen and oxygen atoms in total. The smallest absolute Gasteiger partial charge is 0.303 e. The van der Waals surface area contributed by atoms with E-state index in [0.29, 0.717) is 12.5 Å². The molecule has 1 N–H and O–H groups in total. The second-order valence-corrected chi connectivity index (χ2v) is 5.13. The molecule has 0 spiro atoms. The van der Waals surface area contributed by atoms with Gasteiger partial charge in [0, 0.05) is 12.5 Å². The Balaban J connectivity index is 1.79. The van der Waals surface area contributed by atoms with Gasteiger partial charge in [-0.25, -0.2) is 0 Å². The van der Waals surface area contributed by atoms with Crippen LogP contribution in [0.25, 0.3) is 0 Å². The van der Waals surface area contributed by atoms with Gasteiger partial charge in [-0.15, -0.1) is 0 Å². The van der Waals surface area contributed by atoms with Gasteiger partial charge in [-0.2, -0.15) is 0 Å². The van der Waals surface area contributed by atoms with E-state index in [-0.39, 0.29) is 6.42 Å². The molecule has 19 heavy (non-hydrogen) atoms. The summed E-state index contributed by atoms with van der Waals surface area (Å²) >= 11 is 0. The summed E-state index contributed by atoms with van der Waals surface area (Å²) in [6, 6.07) is 8.25. The number of ether oxygens (including phenoxy) is 1. The van der Waals surface area contributed by atoms with Crippen LogP contribution in [-0.4, -0.2) is 42.2 Å². The first kappa shape index (κ1) is 13.9. The van der Waals surface area contributed by atoms with Crippen molar-refractivity contribution in [3.63, 3.8) is 0 Å². The van der Waals surface area contributed by atoms with Crippen molar-refractivity contribution in [2.75, 3.05) is 20.2 Å². The summed E-state index contributed by atoms with van der Waals surface area (Å²) in [6.45, 7) is 1.88. The fourth-order valence-electron chi connectivity index (χ4n) is 2.39. The van der Waals surface area contributed by atoms with Gasteiger partial charge in [0.1, 0.15) is 12.4 Å². The van der Waals surface area contributed by atoms with Crippen LogP contribution in [0.1, 0.15) is 24.8 Å². The first-order valence-corrected chi connectivity index (χ1v) is 6.79. The van der Waals surface area contributed by atoms with E-state index in [4.69, 9.17) is 9.84 Å². The minimum Gasteiger partial charge on any atom is -0.492 e. The summed E-state index contributed by atoms with van der Waals surface area (Å²) in [5.74, 6) is 0.101. The van der Waals surface area contributed by atoms with Gasteiger partial charge in [-0.05, 0) is 50.6 Å². The molecule has 0 saturated carbocycles. The van der Waals surface area contributed by atoms with Gasteiger partial charge in [0.2, 0.25) is 0 Å². The normalized spacial score (nSPS) is 19.5. The standard InChI is InChI=1S/C15H21NO3/c1-16-10-2-3-13(16)11-19-14-7-4-12(5-8-14)6-9-15(17)18/h4-5,7-8,13H,2-3,6,9-11H2,1H3,(H,17,18). The monoisotopic (exact) mass is 263 g/mol. The molecule has 0 aliphatic carbocycles. The fraction of sp³-hybridized carbons (Fsp3) is 0.533. The number of carboxylic acids is 1. The summed E-state index contributed by atoms with van der Waals surface area (Å²) in [7, 11) is 2.13. The van der Waals surface area contributed by atoms with Crippen LogP contribution in [0.3, 0.4) is 0 Å². The fourth-order valence-corrected chi connectivity index (χ4v) is 2.39. The van der Waals surface area contributed by atoms with Gasteiger partial charge in [0.25, 0.3) is 0 Å². The zero-order chi connectivity index (χ0) is 13.7. The maximum atomic E-state index is 10.5. The summed E-state index contributed by atoms with van der Waals surface area (Å²) < 4.78 is 5.78. The molecule has 1 unspecified atom stereocenters. The van der Waals surface area contributed by atoms with Crippen LogP contribution in [0, 0.1) is 0 Å². The number of nitrogens with zero attached hydrogens (tertiary/aromatic N) is 1. The molecule has 2 rings (SSSR count). The van der Waals surface area contributed by atoms with E-state index >= 15 is 0 Å². The second-order valence-electron chi connectivity index (χ2n) is 5.13. The van der Waals surface area contributed by atoms with Crippen molar-refractivity contribution in [1.82, 2.24) is 4.90 Å². The predicted molar refractivity (Wildman–Crippen MR) is 73.5 cm³/mol. The van der Waals surface area contributed by atoms with Gasteiger partial charge in [-0.1, -0.05) is 12.1 Å². The van der Waals surface area contributed by atoms with E-state index in [1.807, 2.05) is 24.3 Å². The van der Waals surface area contributed by atoms with Gasteiger partial charge in [-0.3, -0.25) is 4.79 Å². The molecule has 0 radical (unpaired) electrons. The number of hydrogen-bond donors (Lipinski definition) is 1. The van der Waals surface area contributed by atoms with Crippen molar-refractivity contribution < 1.29 is 14.6 Å². The van der Waals surface area contributed by atoms with Crippen LogP contribution in [0.5, 0.6) is 5.75 Å². The maximum absolute atomic E-state index is 10.5. The summed E-state index contributed by atoms with van der Waals surface area (Å²) in [6.07, 6.45) is 3.19. The average Bonchev–Trinajstić information content (AvgIpc) is 2.81. The Labute approximate surface area is 114 Å². The quantitative estimate of drug-likeness (QED) is 0.854. The van der Waals surface area contributed by atoms with Crippen LogP contribution < -0.4 is 4.74 Å². The van der Waals surface area contributed by atoms with Gasteiger partial charge < -0.3 is 14.7 Å². The number of benzene rings is 1. The van der Waals surface area contributed by atoms with Crippen molar-refractivity contribution in [2.24, 2.45) is 0 Å². The van der Waals surface area contributed by atoms with E-state index in [9.17, 15) is 4.79 Å². The van der Waals surface area contributed by atoms with Gasteiger partial charge in [0.05, 0.1) is 0 Å². The third-order valence-electron chi connectivity index (χ3n) is 3.66. The molecule has 0 bridgehead atoms. The number of aliphatic carboxylic acids is 1. The van der Waals surface area contributed by atoms with Crippen molar-refractivity contribution in [2.45, 2.75) is 31.7 Å². The van der Waals surface area contributed by atoms with Gasteiger partial charge >= 0.3 is 5.97 Å². The number of aryl methyl sites for hydroxylation is 1. The average molecular weight is 263 g/mol. The highest BCUT2D eigenvalue weighted by molar-refractivity contribution is 5.67. The first-order valence-electron chi connectivity index (χ1n) is 6.79. The number of likely N-dealkylation sites (tertiary alicyclic amines) is 1. The Kier molecular flexibility index (Phi) is 4.80. The van der Waals surface area contributed by atoms with Crippen molar-refractivity contribution in [1.29, 1.82) is 0 Å². The Hall–Kier alpha value is -1.55. The molecule has 0 amide bonds. The minimum atomic E-state index is -0.760. The molecular formula is C15H21NO3. The summed E-state index contributed by atoms with van der Waals surface area (Å²) in [5, 5.41) is 8.63. The molecule has 104 valence electrons. The largest absolute Gasteiger partial charge is 0.492 e. The van der Waals surface area contributed by atoms with Crippen LogP contribution >= 0.6 is 0 Å². The lowest BCUT2D eigenvalue weighted by Gasteiger charge is -2.19. The predicted octanol–water partition coefficient (Wildman–Crippen LogP) is 2.18. The Morgan fingerprint density at radius 3 is 2.74 bits per heavy atom. The topological polar surface area (TPSA) is 49.8 Å². The number of hydrogen-bond acceptors (Lipinski definition) is 3. The molecule has 1 fully saturated rings. The third-order valence-corrected chi connectivity index (χ3v) is 3.66. The third kappa shape index (κ3) is 4.24. The van der Waals surface area contributed by atoms with Crippen LogP contribution in [0.15, 0.2) is 24.3 Å². The van der Waals surface area contributed by atoms with E-state index in [0.717, 1.165) is 24.5 Å². The van der Waals surface area contributed by atoms with Crippen LogP contribution in [0.2, 0.25) is 0 Å². The minimum absolute atomic E-state index is 0.174. The lowest BCUT2D eigenvalue weighted by molar-refractivity contribution is -0.136. The Morgan fingerprint density at radius 2 is 2.16 bits per heavy atom. The molecular weight excluding hydrogens is 242 g/mol. The van der Waals surface area contributed by atoms with E-state index in [1.165, 1.54) is 12.8 Å². The molecule has 1 aromatic carbocycles. The number of rotatable bonds is 6. The molecule has 4 heteroatoms. The first-order chi connectivity index (χ1) is 9.15.